The van der Waals surface area contributed by atoms with Crippen molar-refractivity contribution in [2.45, 2.75) is 17.4 Å². The number of hydrogen-bond donors (Lipinski definition) is 2. The largest absolute Gasteiger partial charge is 0.384 e. The second-order valence-corrected chi connectivity index (χ2v) is 6.54. The van der Waals surface area contributed by atoms with Gasteiger partial charge in [-0.15, -0.1) is 11.8 Å². The summed E-state index contributed by atoms with van der Waals surface area (Å²) in [5.74, 6) is 1.09. The Morgan fingerprint density at radius 3 is 2.76 bits per heavy atom. The Morgan fingerprint density at radius 1 is 1.24 bits per heavy atom. The van der Waals surface area contributed by atoms with Crippen molar-refractivity contribution in [3.05, 3.63) is 58.6 Å². The maximum Gasteiger partial charge on any atom is 0.175 e. The summed E-state index contributed by atoms with van der Waals surface area (Å²) in [7, 11) is 0. The zero-order chi connectivity index (χ0) is 15.0. The smallest absolute Gasteiger partial charge is 0.175 e. The van der Waals surface area contributed by atoms with E-state index >= 15 is 0 Å². The second kappa shape index (κ2) is 5.37. The molecule has 1 atom stereocenters. The van der Waals surface area contributed by atoms with Gasteiger partial charge in [0.2, 0.25) is 0 Å². The highest BCUT2D eigenvalue weighted by Crippen LogP contribution is 2.45. The zero-order valence-electron chi connectivity index (χ0n) is 11.5. The summed E-state index contributed by atoms with van der Waals surface area (Å²) in [5, 5.41) is 11.8. The van der Waals surface area contributed by atoms with Gasteiger partial charge in [0.05, 0.1) is 5.69 Å². The molecule has 5 heteroatoms. The summed E-state index contributed by atoms with van der Waals surface area (Å²) in [6.07, 6.45) is 0. The first-order valence-corrected chi connectivity index (χ1v) is 8.03. The Balaban J connectivity index is 2.23. The van der Waals surface area contributed by atoms with Gasteiger partial charge in [-0.1, -0.05) is 36.7 Å². The van der Waals surface area contributed by atoms with Crippen LogP contribution >= 0.6 is 23.4 Å². The molecule has 1 unspecified atom stereocenters. The lowest BCUT2D eigenvalue weighted by Gasteiger charge is -2.27. The SMILES string of the molecule is CCSc1ccccc1C1(O)C(N)=Nc2ccc(Cl)cc21. The third kappa shape index (κ3) is 2.24. The van der Waals surface area contributed by atoms with Gasteiger partial charge in [0.25, 0.3) is 0 Å². The molecule has 0 spiro atoms. The molecule has 1 heterocycles. The fourth-order valence-corrected chi connectivity index (χ4v) is 3.60. The predicted molar refractivity (Wildman–Crippen MR) is 88.6 cm³/mol. The van der Waals surface area contributed by atoms with Crippen molar-refractivity contribution in [2.24, 2.45) is 10.7 Å². The number of aliphatic imine (C=N–C) groups is 1. The Bertz CT molecular complexity index is 732. The molecule has 0 aliphatic carbocycles. The Kier molecular flexibility index (Phi) is 3.69. The van der Waals surface area contributed by atoms with Crippen LogP contribution in [0.5, 0.6) is 0 Å². The number of amidine groups is 1. The molecular formula is C16H15ClN2OS. The average Bonchev–Trinajstić information content (AvgIpc) is 2.73. The summed E-state index contributed by atoms with van der Waals surface area (Å²) in [6, 6.07) is 13.0. The van der Waals surface area contributed by atoms with E-state index in [1.165, 1.54) is 0 Å². The Labute approximate surface area is 132 Å². The van der Waals surface area contributed by atoms with Gasteiger partial charge in [0.15, 0.2) is 5.60 Å². The van der Waals surface area contributed by atoms with E-state index in [0.29, 0.717) is 16.3 Å². The van der Waals surface area contributed by atoms with Gasteiger partial charge in [-0.05, 0) is 30.0 Å². The summed E-state index contributed by atoms with van der Waals surface area (Å²) in [5.41, 5.74) is 6.69. The molecule has 0 radical (unpaired) electrons. The summed E-state index contributed by atoms with van der Waals surface area (Å²) >= 11 is 7.74. The molecule has 0 aromatic heterocycles. The standard InChI is InChI=1S/C16H15ClN2OS/c1-2-21-14-6-4-3-5-11(14)16(20)12-9-10(17)7-8-13(12)19-15(16)18/h3-9,20H,2H2,1H3,(H2,18,19). The number of nitrogens with two attached hydrogens (primary N) is 1. The van der Waals surface area contributed by atoms with Crippen LogP contribution < -0.4 is 5.73 Å². The van der Waals surface area contributed by atoms with Crippen LogP contribution in [-0.4, -0.2) is 16.7 Å². The molecule has 21 heavy (non-hydrogen) atoms. The highest BCUT2D eigenvalue weighted by Gasteiger charge is 2.43. The van der Waals surface area contributed by atoms with Crippen LogP contribution in [0.2, 0.25) is 5.02 Å². The second-order valence-electron chi connectivity index (χ2n) is 4.80. The lowest BCUT2D eigenvalue weighted by molar-refractivity contribution is 0.155. The number of fused-ring (bicyclic) bond motifs is 1. The van der Waals surface area contributed by atoms with Crippen molar-refractivity contribution >= 4 is 34.9 Å². The van der Waals surface area contributed by atoms with Gasteiger partial charge in [-0.3, -0.25) is 0 Å². The first-order chi connectivity index (χ1) is 10.1. The fraction of sp³-hybridized carbons (Fsp3) is 0.188. The summed E-state index contributed by atoms with van der Waals surface area (Å²) in [4.78, 5) is 5.29. The van der Waals surface area contributed by atoms with E-state index in [-0.39, 0.29) is 5.84 Å². The minimum Gasteiger partial charge on any atom is -0.384 e. The number of benzene rings is 2. The van der Waals surface area contributed by atoms with Crippen LogP contribution in [0.1, 0.15) is 18.1 Å². The number of halogens is 1. The van der Waals surface area contributed by atoms with E-state index in [4.69, 9.17) is 17.3 Å². The van der Waals surface area contributed by atoms with Gasteiger partial charge in [-0.2, -0.15) is 0 Å². The molecule has 1 aliphatic rings. The molecule has 0 bridgehead atoms. The first-order valence-electron chi connectivity index (χ1n) is 6.66. The number of rotatable bonds is 3. The van der Waals surface area contributed by atoms with E-state index in [2.05, 4.69) is 11.9 Å². The maximum absolute atomic E-state index is 11.3. The van der Waals surface area contributed by atoms with Crippen molar-refractivity contribution in [1.82, 2.24) is 0 Å². The molecule has 3 N–H and O–H groups in total. The highest BCUT2D eigenvalue weighted by atomic mass is 35.5. The van der Waals surface area contributed by atoms with Crippen LogP contribution in [0.4, 0.5) is 5.69 Å². The van der Waals surface area contributed by atoms with E-state index in [9.17, 15) is 5.11 Å². The van der Waals surface area contributed by atoms with Crippen LogP contribution in [-0.2, 0) is 5.60 Å². The van der Waals surface area contributed by atoms with E-state index in [0.717, 1.165) is 16.2 Å². The van der Waals surface area contributed by atoms with Crippen molar-refractivity contribution in [1.29, 1.82) is 0 Å². The first kappa shape index (κ1) is 14.4. The van der Waals surface area contributed by atoms with Crippen molar-refractivity contribution < 1.29 is 5.11 Å². The van der Waals surface area contributed by atoms with Gasteiger partial charge in [0, 0.05) is 21.0 Å². The molecule has 2 aromatic carbocycles. The van der Waals surface area contributed by atoms with Crippen molar-refractivity contribution in [3.63, 3.8) is 0 Å². The molecular weight excluding hydrogens is 304 g/mol. The zero-order valence-corrected chi connectivity index (χ0v) is 13.1. The summed E-state index contributed by atoms with van der Waals surface area (Å²) < 4.78 is 0. The molecule has 1 aliphatic heterocycles. The molecule has 3 nitrogen and oxygen atoms in total. The van der Waals surface area contributed by atoms with Crippen molar-refractivity contribution in [3.8, 4) is 0 Å². The predicted octanol–water partition coefficient (Wildman–Crippen LogP) is 3.69. The minimum absolute atomic E-state index is 0.184. The fourth-order valence-electron chi connectivity index (χ4n) is 2.57. The molecule has 0 saturated heterocycles. The molecule has 0 fully saturated rings. The molecule has 3 rings (SSSR count). The van der Waals surface area contributed by atoms with E-state index in [1.807, 2.05) is 24.3 Å². The monoisotopic (exact) mass is 318 g/mol. The normalized spacial score (nSPS) is 20.2. The number of nitrogens with zero attached hydrogens (tertiary/aromatic N) is 1. The lowest BCUT2D eigenvalue weighted by Crippen LogP contribution is -2.40. The van der Waals surface area contributed by atoms with Gasteiger partial charge >= 0.3 is 0 Å². The third-order valence-corrected chi connectivity index (χ3v) is 4.73. The Morgan fingerprint density at radius 2 is 2.00 bits per heavy atom. The van der Waals surface area contributed by atoms with Crippen LogP contribution in [0.25, 0.3) is 0 Å². The molecule has 108 valence electrons. The van der Waals surface area contributed by atoms with Crippen LogP contribution in [0.15, 0.2) is 52.4 Å². The molecule has 0 amide bonds. The minimum atomic E-state index is -1.42. The van der Waals surface area contributed by atoms with Gasteiger partial charge in [-0.25, -0.2) is 4.99 Å². The highest BCUT2D eigenvalue weighted by molar-refractivity contribution is 7.99. The van der Waals surface area contributed by atoms with Crippen molar-refractivity contribution in [2.75, 3.05) is 5.75 Å². The quantitative estimate of drug-likeness (QED) is 0.849. The third-order valence-electron chi connectivity index (χ3n) is 3.54. The van der Waals surface area contributed by atoms with Gasteiger partial charge < -0.3 is 10.8 Å². The maximum atomic E-state index is 11.3. The molecule has 2 aromatic rings. The van der Waals surface area contributed by atoms with E-state index < -0.39 is 5.60 Å². The van der Waals surface area contributed by atoms with Crippen LogP contribution in [0, 0.1) is 0 Å². The average molecular weight is 319 g/mol. The number of hydrogen-bond acceptors (Lipinski definition) is 4. The van der Waals surface area contributed by atoms with E-state index in [1.54, 1.807) is 30.0 Å². The number of aliphatic hydroxyl groups is 1. The lowest BCUT2D eigenvalue weighted by atomic mass is 9.86. The number of thioether (sulfide) groups is 1. The molecule has 0 saturated carbocycles. The topological polar surface area (TPSA) is 58.6 Å². The van der Waals surface area contributed by atoms with Crippen LogP contribution in [0.3, 0.4) is 0 Å². The summed E-state index contributed by atoms with van der Waals surface area (Å²) in [6.45, 7) is 2.07. The Hall–Kier alpha value is -1.49. The van der Waals surface area contributed by atoms with Gasteiger partial charge in [0.1, 0.15) is 5.84 Å².